The van der Waals surface area contributed by atoms with E-state index < -0.39 is 0 Å². The van der Waals surface area contributed by atoms with Crippen molar-refractivity contribution in [2.24, 2.45) is 23.3 Å². The maximum absolute atomic E-state index is 12.0. The van der Waals surface area contributed by atoms with Crippen LogP contribution in [0.5, 0.6) is 0 Å². The number of carbonyl (C=O) groups excluding carboxylic acids is 2. The quantitative estimate of drug-likeness (QED) is 0.730. The number of carbonyl (C=O) groups is 2. The predicted octanol–water partition coefficient (Wildman–Crippen LogP) is 0.0837. The van der Waals surface area contributed by atoms with Crippen LogP contribution in [-0.4, -0.2) is 35.8 Å². The molecule has 1 aliphatic rings. The Labute approximate surface area is 103 Å². The van der Waals surface area contributed by atoms with Crippen molar-refractivity contribution in [3.63, 3.8) is 0 Å². The minimum atomic E-state index is -0.251. The highest BCUT2D eigenvalue weighted by molar-refractivity contribution is 5.79. The van der Waals surface area contributed by atoms with Crippen LogP contribution in [0.1, 0.15) is 33.1 Å². The average molecular weight is 241 g/mol. The molecule has 0 saturated carbocycles. The monoisotopic (exact) mass is 241 g/mol. The summed E-state index contributed by atoms with van der Waals surface area (Å²) in [7, 11) is 0. The molecule has 2 unspecified atom stereocenters. The van der Waals surface area contributed by atoms with Crippen LogP contribution < -0.4 is 11.5 Å². The number of hydrogen-bond donors (Lipinski definition) is 2. The number of rotatable bonds is 4. The van der Waals surface area contributed by atoms with Gasteiger partial charge in [0.1, 0.15) is 0 Å². The molecule has 1 fully saturated rings. The molecule has 5 heteroatoms. The fraction of sp³-hybridized carbons (Fsp3) is 0.833. The molecule has 17 heavy (non-hydrogen) atoms. The van der Waals surface area contributed by atoms with E-state index in [0.717, 1.165) is 12.8 Å². The number of piperidine rings is 1. The first-order valence-electron chi connectivity index (χ1n) is 6.24. The van der Waals surface area contributed by atoms with Crippen LogP contribution in [0.3, 0.4) is 0 Å². The van der Waals surface area contributed by atoms with Crippen LogP contribution in [0.25, 0.3) is 0 Å². The van der Waals surface area contributed by atoms with Crippen LogP contribution in [0.15, 0.2) is 0 Å². The van der Waals surface area contributed by atoms with Gasteiger partial charge in [0, 0.05) is 25.6 Å². The van der Waals surface area contributed by atoms with E-state index in [9.17, 15) is 9.59 Å². The molecule has 0 radical (unpaired) electrons. The van der Waals surface area contributed by atoms with Crippen molar-refractivity contribution in [2.45, 2.75) is 39.2 Å². The highest BCUT2D eigenvalue weighted by Crippen LogP contribution is 2.21. The van der Waals surface area contributed by atoms with Gasteiger partial charge in [0.15, 0.2) is 0 Å². The van der Waals surface area contributed by atoms with Crippen LogP contribution >= 0.6 is 0 Å². The first-order valence-corrected chi connectivity index (χ1v) is 6.24. The van der Waals surface area contributed by atoms with Gasteiger partial charge in [0.25, 0.3) is 0 Å². The summed E-state index contributed by atoms with van der Waals surface area (Å²) in [6.45, 7) is 5.15. The molecule has 1 heterocycles. The smallest absolute Gasteiger partial charge is 0.226 e. The second kappa shape index (κ2) is 6.00. The lowest BCUT2D eigenvalue weighted by molar-refractivity contribution is -0.137. The van der Waals surface area contributed by atoms with Crippen LogP contribution in [0.2, 0.25) is 0 Å². The van der Waals surface area contributed by atoms with Crippen molar-refractivity contribution < 1.29 is 9.59 Å². The van der Waals surface area contributed by atoms with Gasteiger partial charge in [-0.1, -0.05) is 6.92 Å². The summed E-state index contributed by atoms with van der Waals surface area (Å²) in [5, 5.41) is 0. The Kier molecular flexibility index (Phi) is 4.93. The number of likely N-dealkylation sites (tertiary alicyclic amines) is 1. The molecule has 1 aliphatic heterocycles. The number of primary amides is 1. The minimum Gasteiger partial charge on any atom is -0.370 e. The molecule has 2 atom stereocenters. The molecule has 0 aromatic heterocycles. The van der Waals surface area contributed by atoms with E-state index in [1.54, 1.807) is 0 Å². The van der Waals surface area contributed by atoms with Gasteiger partial charge in [-0.15, -0.1) is 0 Å². The van der Waals surface area contributed by atoms with E-state index in [4.69, 9.17) is 11.5 Å². The van der Waals surface area contributed by atoms with Crippen molar-refractivity contribution in [2.75, 3.05) is 13.1 Å². The summed E-state index contributed by atoms with van der Waals surface area (Å²) in [5.74, 6) is 0.0705. The van der Waals surface area contributed by atoms with E-state index >= 15 is 0 Å². The van der Waals surface area contributed by atoms with Gasteiger partial charge < -0.3 is 16.4 Å². The first kappa shape index (κ1) is 14.0. The molecule has 2 amide bonds. The van der Waals surface area contributed by atoms with Crippen LogP contribution in [0.4, 0.5) is 0 Å². The zero-order chi connectivity index (χ0) is 13.0. The Morgan fingerprint density at radius 3 is 2.24 bits per heavy atom. The Morgan fingerprint density at radius 2 is 1.82 bits per heavy atom. The molecule has 4 N–H and O–H groups in total. The number of nitrogens with two attached hydrogens (primary N) is 2. The minimum absolute atomic E-state index is 0.120. The summed E-state index contributed by atoms with van der Waals surface area (Å²) < 4.78 is 0. The van der Waals surface area contributed by atoms with Crippen molar-refractivity contribution in [1.82, 2.24) is 4.90 Å². The van der Waals surface area contributed by atoms with Crippen molar-refractivity contribution in [3.05, 3.63) is 0 Å². The molecule has 1 saturated heterocycles. The molecule has 98 valence electrons. The van der Waals surface area contributed by atoms with Gasteiger partial charge in [-0.25, -0.2) is 0 Å². The van der Waals surface area contributed by atoms with Crippen molar-refractivity contribution in [3.8, 4) is 0 Å². The molecule has 5 nitrogen and oxygen atoms in total. The van der Waals surface area contributed by atoms with Crippen molar-refractivity contribution in [1.29, 1.82) is 0 Å². The van der Waals surface area contributed by atoms with E-state index in [1.165, 1.54) is 0 Å². The molecule has 0 aromatic rings. The third kappa shape index (κ3) is 4.00. The topological polar surface area (TPSA) is 89.4 Å². The summed E-state index contributed by atoms with van der Waals surface area (Å²) in [4.78, 5) is 24.7. The van der Waals surface area contributed by atoms with Crippen molar-refractivity contribution >= 4 is 11.8 Å². The van der Waals surface area contributed by atoms with Gasteiger partial charge in [0.2, 0.25) is 11.8 Å². The number of nitrogens with zero attached hydrogens (tertiary/aromatic N) is 1. The van der Waals surface area contributed by atoms with Crippen LogP contribution in [0, 0.1) is 11.8 Å². The lowest BCUT2D eigenvalue weighted by atomic mass is 9.92. The summed E-state index contributed by atoms with van der Waals surface area (Å²) in [6, 6.07) is -0.120. The van der Waals surface area contributed by atoms with Gasteiger partial charge >= 0.3 is 0 Å². The van der Waals surface area contributed by atoms with Gasteiger partial charge in [-0.3, -0.25) is 9.59 Å². The Bertz CT molecular complexity index is 283. The summed E-state index contributed by atoms with van der Waals surface area (Å²) in [5.41, 5.74) is 10.9. The summed E-state index contributed by atoms with van der Waals surface area (Å²) >= 11 is 0. The van der Waals surface area contributed by atoms with Gasteiger partial charge in [-0.2, -0.15) is 0 Å². The molecule has 0 aliphatic carbocycles. The normalized spacial score (nSPS) is 21.0. The highest BCUT2D eigenvalue weighted by Gasteiger charge is 2.27. The number of amides is 2. The predicted molar refractivity (Wildman–Crippen MR) is 65.9 cm³/mol. The molecular weight excluding hydrogens is 218 g/mol. The second-order valence-electron chi connectivity index (χ2n) is 5.09. The zero-order valence-corrected chi connectivity index (χ0v) is 10.7. The molecule has 0 bridgehead atoms. The average Bonchev–Trinajstić information content (AvgIpc) is 2.27. The van der Waals surface area contributed by atoms with Gasteiger partial charge in [0.05, 0.1) is 5.92 Å². The SMILES string of the molecule is CC(N)C(C)C(=O)N1CCC(CC(N)=O)CC1. The Balaban J connectivity index is 2.41. The maximum Gasteiger partial charge on any atom is 0.226 e. The Morgan fingerprint density at radius 1 is 1.29 bits per heavy atom. The largest absolute Gasteiger partial charge is 0.370 e. The molecule has 1 rings (SSSR count). The third-order valence-electron chi connectivity index (χ3n) is 3.59. The van der Waals surface area contributed by atoms with E-state index in [2.05, 4.69) is 0 Å². The van der Waals surface area contributed by atoms with Crippen LogP contribution in [-0.2, 0) is 9.59 Å². The van der Waals surface area contributed by atoms with E-state index in [0.29, 0.717) is 25.4 Å². The maximum atomic E-state index is 12.0. The lowest BCUT2D eigenvalue weighted by Crippen LogP contribution is -2.45. The third-order valence-corrected chi connectivity index (χ3v) is 3.59. The van der Waals surface area contributed by atoms with E-state index in [1.807, 2.05) is 18.7 Å². The second-order valence-corrected chi connectivity index (χ2v) is 5.09. The molecule has 0 spiro atoms. The summed E-state index contributed by atoms with van der Waals surface area (Å²) in [6.07, 6.45) is 2.16. The van der Waals surface area contributed by atoms with E-state index in [-0.39, 0.29) is 23.8 Å². The number of hydrogen-bond acceptors (Lipinski definition) is 3. The zero-order valence-electron chi connectivity index (χ0n) is 10.7. The lowest BCUT2D eigenvalue weighted by Gasteiger charge is -2.34. The molecule has 0 aromatic carbocycles. The fourth-order valence-corrected chi connectivity index (χ4v) is 2.15. The first-order chi connectivity index (χ1) is 7.91. The fourth-order valence-electron chi connectivity index (χ4n) is 2.15. The highest BCUT2D eigenvalue weighted by atomic mass is 16.2. The standard InChI is InChI=1S/C12H23N3O2/c1-8(9(2)13)12(17)15-5-3-10(4-6-15)7-11(14)16/h8-10H,3-7,13H2,1-2H3,(H2,14,16). The Hall–Kier alpha value is -1.10. The van der Waals surface area contributed by atoms with Gasteiger partial charge in [-0.05, 0) is 25.7 Å². The molecular formula is C12H23N3O2.